The average Bonchev–Trinajstić information content (AvgIpc) is 2.46. The highest BCUT2D eigenvalue weighted by Gasteiger charge is 2.06. The molecule has 116 valence electrons. The molecule has 1 rings (SSSR count). The van der Waals surface area contributed by atoms with Crippen LogP contribution in [0.15, 0.2) is 18.2 Å². The van der Waals surface area contributed by atoms with Crippen molar-refractivity contribution < 1.29 is 14.3 Å². The highest BCUT2D eigenvalue weighted by molar-refractivity contribution is 5.82. The van der Waals surface area contributed by atoms with E-state index in [0.717, 1.165) is 24.8 Å². The van der Waals surface area contributed by atoms with Crippen LogP contribution in [0.25, 0.3) is 0 Å². The molecule has 0 aliphatic rings. The van der Waals surface area contributed by atoms with Gasteiger partial charge in [0.1, 0.15) is 5.75 Å². The number of amides is 2. The zero-order valence-corrected chi connectivity index (χ0v) is 13.0. The van der Waals surface area contributed by atoms with Gasteiger partial charge in [0.05, 0.1) is 0 Å². The minimum atomic E-state index is -0.378. The number of unbranched alkanes of at least 4 members (excludes halogenated alkanes) is 2. The lowest BCUT2D eigenvalue weighted by molar-refractivity contribution is -0.130. The van der Waals surface area contributed by atoms with Crippen LogP contribution in [-0.4, -0.2) is 18.4 Å². The molecule has 0 bridgehead atoms. The number of aryl methyl sites for hydroxylation is 2. The number of hydrogen-bond donors (Lipinski definition) is 2. The highest BCUT2D eigenvalue weighted by Crippen LogP contribution is 2.16. The maximum Gasteiger partial charge on any atom is 0.276 e. The predicted molar refractivity (Wildman–Crippen MR) is 81.8 cm³/mol. The third-order valence-corrected chi connectivity index (χ3v) is 3.20. The molecule has 0 fully saturated rings. The number of ether oxygens (including phenoxy) is 1. The van der Waals surface area contributed by atoms with Gasteiger partial charge < -0.3 is 4.74 Å². The Morgan fingerprint density at radius 2 is 1.76 bits per heavy atom. The van der Waals surface area contributed by atoms with E-state index in [1.54, 1.807) is 0 Å². The molecule has 0 spiro atoms. The molecule has 0 saturated carbocycles. The molecule has 2 N–H and O–H groups in total. The summed E-state index contributed by atoms with van der Waals surface area (Å²) in [4.78, 5) is 23.0. The van der Waals surface area contributed by atoms with Crippen LogP contribution in [0.5, 0.6) is 5.75 Å². The van der Waals surface area contributed by atoms with Crippen LogP contribution < -0.4 is 15.6 Å². The highest BCUT2D eigenvalue weighted by atomic mass is 16.5. The van der Waals surface area contributed by atoms with E-state index in [1.165, 1.54) is 5.56 Å². The van der Waals surface area contributed by atoms with Crippen molar-refractivity contribution in [2.24, 2.45) is 0 Å². The molecule has 0 radical (unpaired) electrons. The van der Waals surface area contributed by atoms with Gasteiger partial charge in [0.25, 0.3) is 5.91 Å². The zero-order valence-electron chi connectivity index (χ0n) is 13.0. The molecule has 1 aromatic rings. The van der Waals surface area contributed by atoms with Crippen molar-refractivity contribution in [3.05, 3.63) is 29.3 Å². The first-order valence-electron chi connectivity index (χ1n) is 7.30. The van der Waals surface area contributed by atoms with Crippen molar-refractivity contribution in [2.75, 3.05) is 6.61 Å². The summed E-state index contributed by atoms with van der Waals surface area (Å²) in [6.07, 6.45) is 3.32. The Balaban J connectivity index is 2.24. The summed E-state index contributed by atoms with van der Waals surface area (Å²) >= 11 is 0. The maximum atomic E-state index is 11.6. The Morgan fingerprint density at radius 3 is 2.43 bits per heavy atom. The van der Waals surface area contributed by atoms with Crippen LogP contribution in [0.2, 0.25) is 0 Å². The van der Waals surface area contributed by atoms with Crippen LogP contribution in [0, 0.1) is 13.8 Å². The van der Waals surface area contributed by atoms with E-state index in [-0.39, 0.29) is 18.4 Å². The van der Waals surface area contributed by atoms with Crippen molar-refractivity contribution in [1.82, 2.24) is 10.9 Å². The van der Waals surface area contributed by atoms with E-state index in [2.05, 4.69) is 17.8 Å². The second-order valence-corrected chi connectivity index (χ2v) is 5.09. The smallest absolute Gasteiger partial charge is 0.276 e. The first-order valence-corrected chi connectivity index (χ1v) is 7.30. The molecule has 0 heterocycles. The van der Waals surface area contributed by atoms with E-state index in [0.29, 0.717) is 12.2 Å². The minimum Gasteiger partial charge on any atom is -0.484 e. The summed E-state index contributed by atoms with van der Waals surface area (Å²) < 4.78 is 5.37. The molecule has 5 heteroatoms. The van der Waals surface area contributed by atoms with E-state index >= 15 is 0 Å². The van der Waals surface area contributed by atoms with E-state index < -0.39 is 0 Å². The molecular formula is C16H24N2O3. The standard InChI is InChI=1S/C16H24N2O3/c1-4-5-6-7-15(19)17-18-16(20)11-21-14-9-8-12(2)13(3)10-14/h8-10H,4-7,11H2,1-3H3,(H,17,19)(H,18,20). The van der Waals surface area contributed by atoms with Crippen LogP contribution in [0.1, 0.15) is 43.7 Å². The number of carbonyl (C=O) groups is 2. The third-order valence-electron chi connectivity index (χ3n) is 3.20. The van der Waals surface area contributed by atoms with Gasteiger partial charge in [-0.15, -0.1) is 0 Å². The Bertz CT molecular complexity index is 486. The summed E-state index contributed by atoms with van der Waals surface area (Å²) in [5.74, 6) is 0.0857. The van der Waals surface area contributed by atoms with Crippen LogP contribution in [0.4, 0.5) is 0 Å². The molecule has 1 aromatic carbocycles. The van der Waals surface area contributed by atoms with Gasteiger partial charge in [0, 0.05) is 6.42 Å². The lowest BCUT2D eigenvalue weighted by Gasteiger charge is -2.09. The second kappa shape index (κ2) is 9.00. The minimum absolute atomic E-state index is 0.127. The summed E-state index contributed by atoms with van der Waals surface area (Å²) in [5, 5.41) is 0. The molecular weight excluding hydrogens is 268 g/mol. The second-order valence-electron chi connectivity index (χ2n) is 5.09. The van der Waals surface area contributed by atoms with Crippen molar-refractivity contribution in [3.63, 3.8) is 0 Å². The molecule has 2 amide bonds. The summed E-state index contributed by atoms with van der Waals surface area (Å²) in [5.41, 5.74) is 7.00. The number of carbonyl (C=O) groups excluding carboxylic acids is 2. The quantitative estimate of drug-likeness (QED) is 0.599. The Hall–Kier alpha value is -2.04. The van der Waals surface area contributed by atoms with Crippen LogP contribution in [0.3, 0.4) is 0 Å². The lowest BCUT2D eigenvalue weighted by Crippen LogP contribution is -2.43. The summed E-state index contributed by atoms with van der Waals surface area (Å²) in [7, 11) is 0. The van der Waals surface area contributed by atoms with E-state index in [4.69, 9.17) is 4.74 Å². The van der Waals surface area contributed by atoms with E-state index in [1.807, 2.05) is 32.0 Å². The monoisotopic (exact) mass is 292 g/mol. The SMILES string of the molecule is CCCCCC(=O)NNC(=O)COc1ccc(C)c(C)c1. The lowest BCUT2D eigenvalue weighted by atomic mass is 10.1. The molecule has 0 saturated heterocycles. The van der Waals surface area contributed by atoms with Crippen molar-refractivity contribution in [2.45, 2.75) is 46.5 Å². The molecule has 0 aliphatic heterocycles. The van der Waals surface area contributed by atoms with Crippen LogP contribution >= 0.6 is 0 Å². The van der Waals surface area contributed by atoms with Gasteiger partial charge in [-0.2, -0.15) is 0 Å². The van der Waals surface area contributed by atoms with Gasteiger partial charge in [-0.25, -0.2) is 0 Å². The third kappa shape index (κ3) is 6.79. The number of hydrazine groups is 1. The van der Waals surface area contributed by atoms with E-state index in [9.17, 15) is 9.59 Å². The van der Waals surface area contributed by atoms with Crippen molar-refractivity contribution in [1.29, 1.82) is 0 Å². The topological polar surface area (TPSA) is 67.4 Å². The fraction of sp³-hybridized carbons (Fsp3) is 0.500. The first kappa shape index (κ1) is 17.0. The molecule has 21 heavy (non-hydrogen) atoms. The van der Waals surface area contributed by atoms with Crippen molar-refractivity contribution >= 4 is 11.8 Å². The maximum absolute atomic E-state index is 11.6. The average molecular weight is 292 g/mol. The fourth-order valence-electron chi connectivity index (χ4n) is 1.73. The largest absolute Gasteiger partial charge is 0.484 e. The number of hydrogen-bond acceptors (Lipinski definition) is 3. The molecule has 0 aliphatic carbocycles. The Kier molecular flexibility index (Phi) is 7.29. The Labute approximate surface area is 126 Å². The predicted octanol–water partition coefficient (Wildman–Crippen LogP) is 2.41. The zero-order chi connectivity index (χ0) is 15.7. The van der Waals surface area contributed by atoms with Crippen molar-refractivity contribution in [3.8, 4) is 5.75 Å². The van der Waals surface area contributed by atoms with Gasteiger partial charge >= 0.3 is 0 Å². The van der Waals surface area contributed by atoms with Gasteiger partial charge in [0.2, 0.25) is 5.91 Å². The summed E-state index contributed by atoms with van der Waals surface area (Å²) in [6, 6.07) is 5.64. The first-order chi connectivity index (χ1) is 10.0. The number of nitrogens with one attached hydrogen (secondary N) is 2. The fourth-order valence-corrected chi connectivity index (χ4v) is 1.73. The van der Waals surface area contributed by atoms with Gasteiger partial charge in [-0.3, -0.25) is 20.4 Å². The van der Waals surface area contributed by atoms with Gasteiger partial charge in [-0.1, -0.05) is 25.8 Å². The molecule has 0 aromatic heterocycles. The normalized spacial score (nSPS) is 10.0. The number of benzene rings is 1. The number of rotatable bonds is 7. The summed E-state index contributed by atoms with van der Waals surface area (Å²) in [6.45, 7) is 5.94. The molecule has 0 atom stereocenters. The van der Waals surface area contributed by atoms with Crippen LogP contribution in [-0.2, 0) is 9.59 Å². The van der Waals surface area contributed by atoms with Gasteiger partial charge in [-0.05, 0) is 43.5 Å². The molecule has 5 nitrogen and oxygen atoms in total. The van der Waals surface area contributed by atoms with Gasteiger partial charge in [0.15, 0.2) is 6.61 Å². The molecule has 0 unspecified atom stereocenters. The Morgan fingerprint density at radius 1 is 1.05 bits per heavy atom.